The molecule has 0 aliphatic carbocycles. The second-order valence-electron chi connectivity index (χ2n) is 3.74. The van der Waals surface area contributed by atoms with E-state index >= 15 is 0 Å². The zero-order valence-corrected chi connectivity index (χ0v) is 10.1. The molecule has 2 nitrogen and oxygen atoms in total. The van der Waals surface area contributed by atoms with Crippen molar-refractivity contribution in [3.05, 3.63) is 52.8 Å². The fourth-order valence-electron chi connectivity index (χ4n) is 1.41. The molecule has 1 heterocycles. The summed E-state index contributed by atoms with van der Waals surface area (Å²) in [6.45, 7) is 1.98. The number of halogens is 1. The largest absolute Gasteiger partial charge is 0.350 e. The van der Waals surface area contributed by atoms with Crippen molar-refractivity contribution in [3.8, 4) is 0 Å². The van der Waals surface area contributed by atoms with Gasteiger partial charge in [-0.25, -0.2) is 0 Å². The molecule has 0 bridgehead atoms. The minimum absolute atomic E-state index is 0.751. The van der Waals surface area contributed by atoms with Crippen LogP contribution in [0.25, 0.3) is 0 Å². The summed E-state index contributed by atoms with van der Waals surface area (Å²) in [4.78, 5) is 4.38. The minimum Gasteiger partial charge on any atom is -0.350 e. The number of hydrogen-bond donors (Lipinski definition) is 0. The van der Waals surface area contributed by atoms with Crippen molar-refractivity contribution >= 4 is 23.5 Å². The first-order chi connectivity index (χ1) is 7.66. The molecule has 82 valence electrons. The highest BCUT2D eigenvalue weighted by atomic mass is 35.5. The van der Waals surface area contributed by atoms with Gasteiger partial charge in [0.05, 0.1) is 17.6 Å². The molecule has 0 aliphatic rings. The Kier molecular flexibility index (Phi) is 3.11. The molecule has 1 aromatic heterocycles. The Labute approximate surface area is 100 Å². The Balaban J connectivity index is 2.24. The molecule has 3 heteroatoms. The highest BCUT2D eigenvalue weighted by Gasteiger charge is 1.96. The van der Waals surface area contributed by atoms with Gasteiger partial charge >= 0.3 is 0 Å². The van der Waals surface area contributed by atoms with Crippen LogP contribution in [0.15, 0.2) is 41.5 Å². The van der Waals surface area contributed by atoms with Crippen molar-refractivity contribution in [2.24, 2.45) is 12.0 Å². The number of aromatic nitrogens is 1. The van der Waals surface area contributed by atoms with Crippen molar-refractivity contribution in [1.82, 2.24) is 4.57 Å². The van der Waals surface area contributed by atoms with Crippen LogP contribution in [0, 0.1) is 6.92 Å². The average Bonchev–Trinajstić information content (AvgIpc) is 2.66. The number of rotatable bonds is 2. The molecule has 0 saturated carbocycles. The monoisotopic (exact) mass is 232 g/mol. The van der Waals surface area contributed by atoms with E-state index in [2.05, 4.69) is 4.99 Å². The SMILES string of the molecule is Cc1ccc(N=Cc2cccn2C)cc1Cl. The number of aryl methyl sites for hydroxylation is 2. The van der Waals surface area contributed by atoms with Gasteiger partial charge in [0.1, 0.15) is 0 Å². The van der Waals surface area contributed by atoms with Crippen LogP contribution in [0.3, 0.4) is 0 Å². The molecule has 2 aromatic rings. The average molecular weight is 233 g/mol. The highest BCUT2D eigenvalue weighted by Crippen LogP contribution is 2.21. The van der Waals surface area contributed by atoms with Crippen LogP contribution in [0.2, 0.25) is 5.02 Å². The molecule has 2 rings (SSSR count). The molecular formula is C13H13ClN2. The van der Waals surface area contributed by atoms with Gasteiger partial charge in [0.2, 0.25) is 0 Å². The lowest BCUT2D eigenvalue weighted by Gasteiger charge is -1.99. The lowest BCUT2D eigenvalue weighted by atomic mass is 10.2. The van der Waals surface area contributed by atoms with Crippen molar-refractivity contribution in [3.63, 3.8) is 0 Å². The van der Waals surface area contributed by atoms with Crippen LogP contribution in [0.4, 0.5) is 5.69 Å². The summed E-state index contributed by atoms with van der Waals surface area (Å²) < 4.78 is 2.01. The maximum absolute atomic E-state index is 6.03. The van der Waals surface area contributed by atoms with E-state index in [1.54, 1.807) is 0 Å². The van der Waals surface area contributed by atoms with Crippen molar-refractivity contribution in [2.75, 3.05) is 0 Å². The molecule has 0 radical (unpaired) electrons. The van der Waals surface area contributed by atoms with Crippen molar-refractivity contribution in [1.29, 1.82) is 0 Å². The smallest absolute Gasteiger partial charge is 0.0645 e. The van der Waals surface area contributed by atoms with E-state index in [4.69, 9.17) is 11.6 Å². The van der Waals surface area contributed by atoms with Crippen molar-refractivity contribution < 1.29 is 0 Å². The fourth-order valence-corrected chi connectivity index (χ4v) is 1.59. The molecule has 0 aliphatic heterocycles. The Morgan fingerprint density at radius 3 is 2.75 bits per heavy atom. The maximum Gasteiger partial charge on any atom is 0.0645 e. The van der Waals surface area contributed by atoms with E-state index in [9.17, 15) is 0 Å². The van der Waals surface area contributed by atoms with Crippen molar-refractivity contribution in [2.45, 2.75) is 6.92 Å². The van der Waals surface area contributed by atoms with Gasteiger partial charge in [-0.2, -0.15) is 0 Å². The molecule has 0 atom stereocenters. The van der Waals surface area contributed by atoms with Gasteiger partial charge in [-0.3, -0.25) is 4.99 Å². The van der Waals surface area contributed by atoms with Crippen LogP contribution in [-0.2, 0) is 7.05 Å². The first-order valence-electron chi connectivity index (χ1n) is 5.08. The van der Waals surface area contributed by atoms with Gasteiger partial charge in [0.25, 0.3) is 0 Å². The van der Waals surface area contributed by atoms with E-state index in [-0.39, 0.29) is 0 Å². The number of aliphatic imine (C=N–C) groups is 1. The van der Waals surface area contributed by atoms with Gasteiger partial charge in [0, 0.05) is 18.3 Å². The topological polar surface area (TPSA) is 17.3 Å². The molecule has 0 saturated heterocycles. The van der Waals surface area contributed by atoms with Gasteiger partial charge < -0.3 is 4.57 Å². The summed E-state index contributed by atoms with van der Waals surface area (Å²) in [6.07, 6.45) is 3.82. The second-order valence-corrected chi connectivity index (χ2v) is 4.14. The minimum atomic E-state index is 0.751. The fraction of sp³-hybridized carbons (Fsp3) is 0.154. The van der Waals surface area contributed by atoms with Gasteiger partial charge in [-0.05, 0) is 36.8 Å². The normalized spacial score (nSPS) is 11.2. The molecule has 0 spiro atoms. The van der Waals surface area contributed by atoms with Gasteiger partial charge in [0.15, 0.2) is 0 Å². The third-order valence-electron chi connectivity index (χ3n) is 2.49. The zero-order valence-electron chi connectivity index (χ0n) is 9.31. The third-order valence-corrected chi connectivity index (χ3v) is 2.89. The lowest BCUT2D eigenvalue weighted by Crippen LogP contribution is -1.91. The number of hydrogen-bond acceptors (Lipinski definition) is 1. The number of benzene rings is 1. The van der Waals surface area contributed by atoms with Crippen LogP contribution >= 0.6 is 11.6 Å². The summed E-state index contributed by atoms with van der Waals surface area (Å²) in [5.74, 6) is 0. The molecule has 16 heavy (non-hydrogen) atoms. The predicted octanol–water partition coefficient (Wildman–Crippen LogP) is 3.74. The van der Waals surface area contributed by atoms with Crippen LogP contribution in [0.5, 0.6) is 0 Å². The Bertz CT molecular complexity index is 526. The summed E-state index contributed by atoms with van der Waals surface area (Å²) in [5, 5.41) is 0.751. The Hall–Kier alpha value is -1.54. The standard InChI is InChI=1S/C13H13ClN2/c1-10-5-6-11(8-13(10)14)15-9-12-4-3-7-16(12)2/h3-9H,1-2H3. The zero-order chi connectivity index (χ0) is 11.5. The molecule has 1 aromatic carbocycles. The summed E-state index contributed by atoms with van der Waals surface area (Å²) >= 11 is 6.03. The van der Waals surface area contributed by atoms with E-state index < -0.39 is 0 Å². The van der Waals surface area contributed by atoms with E-state index in [1.807, 2.05) is 61.3 Å². The van der Waals surface area contributed by atoms with E-state index in [1.165, 1.54) is 0 Å². The number of nitrogens with zero attached hydrogens (tertiary/aromatic N) is 2. The summed E-state index contributed by atoms with van der Waals surface area (Å²) in [7, 11) is 1.99. The molecule has 0 N–H and O–H groups in total. The maximum atomic E-state index is 6.03. The molecule has 0 fully saturated rings. The van der Waals surface area contributed by atoms with Gasteiger partial charge in [-0.1, -0.05) is 17.7 Å². The van der Waals surface area contributed by atoms with Crippen LogP contribution in [0.1, 0.15) is 11.3 Å². The second kappa shape index (κ2) is 4.54. The molecular weight excluding hydrogens is 220 g/mol. The lowest BCUT2D eigenvalue weighted by molar-refractivity contribution is 0.918. The van der Waals surface area contributed by atoms with Gasteiger partial charge in [-0.15, -0.1) is 0 Å². The predicted molar refractivity (Wildman–Crippen MR) is 68.9 cm³/mol. The summed E-state index contributed by atoms with van der Waals surface area (Å²) in [5.41, 5.74) is 3.01. The quantitative estimate of drug-likeness (QED) is 0.702. The third kappa shape index (κ3) is 2.34. The molecule has 0 amide bonds. The van der Waals surface area contributed by atoms with E-state index in [0.717, 1.165) is 22.0 Å². The Morgan fingerprint density at radius 2 is 2.12 bits per heavy atom. The molecule has 0 unspecified atom stereocenters. The van der Waals surface area contributed by atoms with E-state index in [0.29, 0.717) is 0 Å². The first-order valence-corrected chi connectivity index (χ1v) is 5.46. The summed E-state index contributed by atoms with van der Waals surface area (Å²) in [6, 6.07) is 9.81. The Morgan fingerprint density at radius 1 is 1.31 bits per heavy atom. The first kappa shape index (κ1) is 11.0. The van der Waals surface area contributed by atoms with Crippen LogP contribution in [-0.4, -0.2) is 10.8 Å². The van der Waals surface area contributed by atoms with Crippen LogP contribution < -0.4 is 0 Å². The highest BCUT2D eigenvalue weighted by molar-refractivity contribution is 6.31.